The average molecular weight is 475 g/mol. The van der Waals surface area contributed by atoms with Crippen LogP contribution in [0.5, 0.6) is 0 Å². The Morgan fingerprint density at radius 3 is 2.74 bits per heavy atom. The quantitative estimate of drug-likeness (QED) is 0.116. The lowest BCUT2D eigenvalue weighted by atomic mass is 9.82. The van der Waals surface area contributed by atoms with Crippen LogP contribution in [-0.4, -0.2) is 60.6 Å². The third-order valence-corrected chi connectivity index (χ3v) is 7.00. The molecule has 3 rings (SSSR count). The Labute approximate surface area is 212 Å². The van der Waals surface area contributed by atoms with E-state index in [-0.39, 0.29) is 6.04 Å². The van der Waals surface area contributed by atoms with Crippen molar-refractivity contribution in [3.8, 4) is 0 Å². The van der Waals surface area contributed by atoms with E-state index in [0.717, 1.165) is 63.0 Å². The molecule has 1 aliphatic heterocycles. The molecule has 1 saturated carbocycles. The Morgan fingerprint density at radius 2 is 2.03 bits per heavy atom. The van der Waals surface area contributed by atoms with Crippen molar-refractivity contribution in [2.75, 3.05) is 20.1 Å². The summed E-state index contributed by atoms with van der Waals surface area (Å²) in [6.45, 7) is 14.3. The molecular formula is C29H42N6. The Bertz CT molecular complexity index is 952. The molecule has 0 amide bonds. The summed E-state index contributed by atoms with van der Waals surface area (Å²) in [6.07, 6.45) is 22.7. The summed E-state index contributed by atoms with van der Waals surface area (Å²) in [4.78, 5) is 16.7. The molecule has 0 spiro atoms. The number of likely N-dealkylation sites (N-methyl/N-ethyl adjacent to an activating group) is 1. The fourth-order valence-corrected chi connectivity index (χ4v) is 4.74. The lowest BCUT2D eigenvalue weighted by Crippen LogP contribution is -2.25. The van der Waals surface area contributed by atoms with Gasteiger partial charge in [-0.15, -0.1) is 0 Å². The smallest absolute Gasteiger partial charge is 0.135 e. The molecule has 3 aliphatic rings. The van der Waals surface area contributed by atoms with Crippen molar-refractivity contribution in [2.45, 2.75) is 71.3 Å². The monoisotopic (exact) mass is 474 g/mol. The van der Waals surface area contributed by atoms with E-state index < -0.39 is 0 Å². The van der Waals surface area contributed by atoms with Gasteiger partial charge in [-0.3, -0.25) is 15.0 Å². The number of allylic oxidation sites excluding steroid dienone is 4. The van der Waals surface area contributed by atoms with Gasteiger partial charge in [-0.25, -0.2) is 4.99 Å². The second-order valence-electron chi connectivity index (χ2n) is 9.43. The zero-order chi connectivity index (χ0) is 25.0. The van der Waals surface area contributed by atoms with Gasteiger partial charge in [0.2, 0.25) is 0 Å². The molecular weight excluding hydrogens is 432 g/mol. The molecule has 6 heteroatoms. The van der Waals surface area contributed by atoms with Crippen molar-refractivity contribution in [3.05, 3.63) is 60.1 Å². The maximum absolute atomic E-state index is 4.81. The van der Waals surface area contributed by atoms with Crippen LogP contribution in [0.2, 0.25) is 0 Å². The Morgan fingerprint density at radius 1 is 1.23 bits per heavy atom. The van der Waals surface area contributed by atoms with E-state index in [1.165, 1.54) is 29.8 Å². The van der Waals surface area contributed by atoms with Crippen molar-refractivity contribution in [2.24, 2.45) is 26.0 Å². The minimum Gasteiger partial charge on any atom is -0.375 e. The first kappa shape index (κ1) is 26.6. The van der Waals surface area contributed by atoms with Crippen molar-refractivity contribution >= 4 is 24.5 Å². The largest absolute Gasteiger partial charge is 0.375 e. The summed E-state index contributed by atoms with van der Waals surface area (Å²) < 4.78 is 0. The van der Waals surface area contributed by atoms with Gasteiger partial charge in [0.25, 0.3) is 0 Å². The number of hydrogen-bond acceptors (Lipinski definition) is 5. The van der Waals surface area contributed by atoms with E-state index in [1.807, 2.05) is 19.5 Å². The van der Waals surface area contributed by atoms with Crippen LogP contribution in [0.25, 0.3) is 0 Å². The number of rotatable bonds is 11. The van der Waals surface area contributed by atoms with Crippen LogP contribution in [0.3, 0.4) is 0 Å². The fourth-order valence-electron chi connectivity index (χ4n) is 4.74. The molecule has 6 nitrogen and oxygen atoms in total. The highest BCUT2D eigenvalue weighted by Crippen LogP contribution is 2.33. The van der Waals surface area contributed by atoms with Crippen molar-refractivity contribution in [1.82, 2.24) is 9.91 Å². The summed E-state index contributed by atoms with van der Waals surface area (Å²) >= 11 is 0. The van der Waals surface area contributed by atoms with Gasteiger partial charge < -0.3 is 4.90 Å². The van der Waals surface area contributed by atoms with Gasteiger partial charge in [0, 0.05) is 50.4 Å². The maximum Gasteiger partial charge on any atom is 0.135 e. The summed E-state index contributed by atoms with van der Waals surface area (Å²) in [5.41, 5.74) is 5.86. The summed E-state index contributed by atoms with van der Waals surface area (Å²) in [6, 6.07) is 0.0396. The predicted molar refractivity (Wildman–Crippen MR) is 151 cm³/mol. The molecule has 2 aliphatic carbocycles. The SMILES string of the molecule is C=CC(=C)N(C)/N=C/N=C1CCC(CC2=C3\N=CC=N[C@H]3C=CC/C(N(CC)CCCC)=C\2)CC1. The molecule has 1 heterocycles. The molecule has 188 valence electrons. The molecule has 0 unspecified atom stereocenters. The van der Waals surface area contributed by atoms with E-state index in [4.69, 9.17) is 9.98 Å². The second-order valence-corrected chi connectivity index (χ2v) is 9.43. The van der Waals surface area contributed by atoms with Gasteiger partial charge in [0.15, 0.2) is 0 Å². The van der Waals surface area contributed by atoms with E-state index in [1.54, 1.807) is 17.4 Å². The van der Waals surface area contributed by atoms with Crippen LogP contribution < -0.4 is 0 Å². The van der Waals surface area contributed by atoms with E-state index in [9.17, 15) is 0 Å². The molecule has 0 radical (unpaired) electrons. The number of unbranched alkanes of at least 4 members (excludes halogenated alkanes) is 1. The first-order chi connectivity index (χ1) is 17.0. The van der Waals surface area contributed by atoms with Crippen LogP contribution in [0, 0.1) is 5.92 Å². The van der Waals surface area contributed by atoms with Crippen LogP contribution in [0.15, 0.2) is 80.2 Å². The molecule has 1 atom stereocenters. The lowest BCUT2D eigenvalue weighted by Gasteiger charge is -2.29. The van der Waals surface area contributed by atoms with Gasteiger partial charge >= 0.3 is 0 Å². The normalized spacial score (nSPS) is 25.5. The van der Waals surface area contributed by atoms with Crippen molar-refractivity contribution < 1.29 is 0 Å². The number of nitrogens with zero attached hydrogens (tertiary/aromatic N) is 6. The van der Waals surface area contributed by atoms with Crippen LogP contribution in [-0.2, 0) is 0 Å². The molecule has 0 aromatic rings. The van der Waals surface area contributed by atoms with Gasteiger partial charge in [-0.2, -0.15) is 5.10 Å². The first-order valence-electron chi connectivity index (χ1n) is 13.1. The van der Waals surface area contributed by atoms with Crippen LogP contribution >= 0.6 is 0 Å². The standard InChI is InChI=1S/C29H42N6/c1-6-9-19-35(8-3)27-11-10-12-28-29(31-18-17-30-28)25(21-27)20-24-13-15-26(16-14-24)32-22-33-34(5)23(4)7-2/h7,10,12,17-18,21-22,24,28H,2,4,6,8-9,11,13-16,19-20H2,1,3,5H3/b12-10?,27-21+,29-25+,32-26?,33-22+/t24?,28-/m0/s1. The zero-order valence-corrected chi connectivity index (χ0v) is 21.9. The minimum atomic E-state index is 0.0396. The number of hydrazone groups is 1. The minimum absolute atomic E-state index is 0.0396. The highest BCUT2D eigenvalue weighted by atomic mass is 15.4. The van der Waals surface area contributed by atoms with Crippen molar-refractivity contribution in [1.29, 1.82) is 0 Å². The summed E-state index contributed by atoms with van der Waals surface area (Å²) in [7, 11) is 1.85. The van der Waals surface area contributed by atoms with E-state index in [0.29, 0.717) is 5.92 Å². The average Bonchev–Trinajstić information content (AvgIpc) is 2.87. The number of fused-ring (bicyclic) bond motifs is 1. The third-order valence-electron chi connectivity index (χ3n) is 7.00. The van der Waals surface area contributed by atoms with E-state index >= 15 is 0 Å². The first-order valence-corrected chi connectivity index (χ1v) is 13.1. The molecule has 0 saturated heterocycles. The third kappa shape index (κ3) is 7.74. The fraction of sp³-hybridized carbons (Fsp3) is 0.517. The Hall–Kier alpha value is -3.02. The molecule has 0 bridgehead atoms. The van der Waals surface area contributed by atoms with Crippen LogP contribution in [0.4, 0.5) is 0 Å². The Balaban J connectivity index is 1.72. The highest BCUT2D eigenvalue weighted by Gasteiger charge is 2.24. The number of aliphatic imine (C=N–C) groups is 3. The zero-order valence-electron chi connectivity index (χ0n) is 21.9. The summed E-state index contributed by atoms with van der Waals surface area (Å²) in [5.74, 6) is 0.630. The Kier molecular flexibility index (Phi) is 10.5. The van der Waals surface area contributed by atoms with Crippen molar-refractivity contribution in [3.63, 3.8) is 0 Å². The summed E-state index contributed by atoms with van der Waals surface area (Å²) in [5, 5.41) is 6.00. The maximum atomic E-state index is 4.81. The second kappa shape index (κ2) is 13.8. The van der Waals surface area contributed by atoms with Crippen LogP contribution in [0.1, 0.15) is 65.2 Å². The molecule has 1 fully saturated rings. The van der Waals surface area contributed by atoms with Gasteiger partial charge in [-0.05, 0) is 69.1 Å². The molecule has 0 aromatic carbocycles. The molecule has 0 N–H and O–H groups in total. The highest BCUT2D eigenvalue weighted by molar-refractivity contribution is 6.17. The van der Waals surface area contributed by atoms with E-state index in [2.05, 4.69) is 60.2 Å². The lowest BCUT2D eigenvalue weighted by molar-refractivity contribution is 0.347. The molecule has 35 heavy (non-hydrogen) atoms. The van der Waals surface area contributed by atoms with Gasteiger partial charge in [0.1, 0.15) is 12.4 Å². The topological polar surface area (TPSA) is 55.9 Å². The van der Waals surface area contributed by atoms with Gasteiger partial charge in [-0.1, -0.05) is 38.7 Å². The van der Waals surface area contributed by atoms with Gasteiger partial charge in [0.05, 0.1) is 11.4 Å². The predicted octanol–water partition coefficient (Wildman–Crippen LogP) is 6.33. The molecule has 0 aromatic heterocycles. The number of hydrogen-bond donors (Lipinski definition) is 0.